The van der Waals surface area contributed by atoms with Gasteiger partial charge < -0.3 is 10.5 Å². The van der Waals surface area contributed by atoms with Crippen molar-refractivity contribution in [1.29, 1.82) is 0 Å². The minimum Gasteiger partial charge on any atom is -0.393 e. The van der Waals surface area contributed by atoms with Crippen molar-refractivity contribution in [3.63, 3.8) is 0 Å². The highest BCUT2D eigenvalue weighted by molar-refractivity contribution is 7.86. The van der Waals surface area contributed by atoms with Crippen LogP contribution in [0, 0.1) is 0 Å². The number of hydrogen-bond acceptors (Lipinski definition) is 4. The Morgan fingerprint density at radius 1 is 1.22 bits per heavy atom. The zero-order valence-electron chi connectivity index (χ0n) is 11.3. The quantitative estimate of drug-likeness (QED) is 0.583. The van der Waals surface area contributed by atoms with Gasteiger partial charge in [0.2, 0.25) is 0 Å². The van der Waals surface area contributed by atoms with E-state index >= 15 is 0 Å². The average molecular weight is 297 g/mol. The largest absolute Gasteiger partial charge is 0.393 e. The van der Waals surface area contributed by atoms with E-state index in [-0.39, 0.29) is 6.54 Å². The second-order valence-corrected chi connectivity index (χ2v) is 6.15. The fourth-order valence-corrected chi connectivity index (χ4v) is 3.18. The molecule has 0 aromatic carbocycles. The van der Waals surface area contributed by atoms with Crippen molar-refractivity contribution in [2.75, 3.05) is 39.9 Å². The number of thiocarbonyl (C=S) groups is 1. The first-order valence-electron chi connectivity index (χ1n) is 5.92. The summed E-state index contributed by atoms with van der Waals surface area (Å²) in [5, 5.41) is 0. The summed E-state index contributed by atoms with van der Waals surface area (Å²) in [6, 6.07) is 0. The Morgan fingerprint density at radius 3 is 2.17 bits per heavy atom. The summed E-state index contributed by atoms with van der Waals surface area (Å²) >= 11 is 4.78. The van der Waals surface area contributed by atoms with Gasteiger partial charge in [0.1, 0.15) is 0 Å². The summed E-state index contributed by atoms with van der Waals surface area (Å²) in [5.74, 6) is 0. The van der Waals surface area contributed by atoms with Crippen molar-refractivity contribution in [3.05, 3.63) is 0 Å². The Morgan fingerprint density at radius 2 is 1.78 bits per heavy atom. The van der Waals surface area contributed by atoms with E-state index in [9.17, 15) is 8.42 Å². The van der Waals surface area contributed by atoms with E-state index < -0.39 is 10.2 Å². The molecule has 0 fully saturated rings. The molecule has 0 amide bonds. The molecule has 8 heteroatoms. The number of rotatable bonds is 10. The first kappa shape index (κ1) is 17.7. The third-order valence-corrected chi connectivity index (χ3v) is 4.90. The Hall–Kier alpha value is -0.280. The number of nitrogens with zero attached hydrogens (tertiary/aromatic N) is 2. The maximum atomic E-state index is 12.3. The predicted molar refractivity (Wildman–Crippen MR) is 76.7 cm³/mol. The molecule has 0 unspecified atom stereocenters. The van der Waals surface area contributed by atoms with Crippen molar-refractivity contribution in [2.24, 2.45) is 5.73 Å². The molecular weight excluding hydrogens is 274 g/mol. The van der Waals surface area contributed by atoms with Crippen LogP contribution in [0.2, 0.25) is 0 Å². The predicted octanol–water partition coefficient (Wildman–Crippen LogP) is 0.198. The Kier molecular flexibility index (Phi) is 8.62. The van der Waals surface area contributed by atoms with Crippen molar-refractivity contribution in [1.82, 2.24) is 8.61 Å². The maximum absolute atomic E-state index is 12.3. The maximum Gasteiger partial charge on any atom is 0.282 e. The van der Waals surface area contributed by atoms with Gasteiger partial charge in [-0.1, -0.05) is 26.1 Å². The first-order chi connectivity index (χ1) is 8.39. The molecule has 0 spiro atoms. The Labute approximate surface area is 115 Å². The van der Waals surface area contributed by atoms with Gasteiger partial charge in [-0.15, -0.1) is 0 Å². The lowest BCUT2D eigenvalue weighted by Crippen LogP contribution is -2.45. The van der Waals surface area contributed by atoms with E-state index in [1.165, 1.54) is 15.7 Å². The van der Waals surface area contributed by atoms with Crippen molar-refractivity contribution >= 4 is 27.4 Å². The molecule has 0 aromatic heterocycles. The third kappa shape index (κ3) is 5.57. The second-order valence-electron chi connectivity index (χ2n) is 3.70. The summed E-state index contributed by atoms with van der Waals surface area (Å²) in [4.78, 5) is 0.312. The second kappa shape index (κ2) is 8.76. The zero-order chi connectivity index (χ0) is 14.2. The van der Waals surface area contributed by atoms with Gasteiger partial charge in [-0.3, -0.25) is 0 Å². The normalized spacial score (nSPS) is 12.3. The fourth-order valence-electron chi connectivity index (χ4n) is 1.48. The van der Waals surface area contributed by atoms with Crippen LogP contribution < -0.4 is 5.73 Å². The molecule has 0 aliphatic carbocycles. The minimum absolute atomic E-state index is 0.289. The van der Waals surface area contributed by atoms with E-state index in [2.05, 4.69) is 0 Å². The third-order valence-electron chi connectivity index (χ3n) is 2.51. The van der Waals surface area contributed by atoms with Gasteiger partial charge in [0, 0.05) is 39.7 Å². The van der Waals surface area contributed by atoms with E-state index in [0.717, 1.165) is 0 Å². The molecule has 108 valence electrons. The van der Waals surface area contributed by atoms with Gasteiger partial charge in [0.05, 0.1) is 11.6 Å². The molecule has 18 heavy (non-hydrogen) atoms. The molecule has 0 rings (SSSR count). The van der Waals surface area contributed by atoms with Crippen LogP contribution in [0.4, 0.5) is 0 Å². The molecular formula is C10H23N3O3S2. The molecule has 0 atom stereocenters. The lowest BCUT2D eigenvalue weighted by atomic mass is 10.4. The molecule has 0 aliphatic rings. The topological polar surface area (TPSA) is 75.9 Å². The highest BCUT2D eigenvalue weighted by atomic mass is 32.2. The van der Waals surface area contributed by atoms with Crippen LogP contribution in [-0.4, -0.2) is 61.9 Å². The van der Waals surface area contributed by atoms with Crippen molar-refractivity contribution in [3.8, 4) is 0 Å². The standard InChI is InChI=1S/C10H23N3O3S2/c1-4-12(5-2)18(14,15)13(8-9-16-3)7-6-10(11)17/h4-9H2,1-3H3,(H2,11,17). The van der Waals surface area contributed by atoms with Crippen molar-refractivity contribution < 1.29 is 13.2 Å². The number of ether oxygens (including phenoxy) is 1. The van der Waals surface area contributed by atoms with Crippen molar-refractivity contribution in [2.45, 2.75) is 20.3 Å². The lowest BCUT2D eigenvalue weighted by molar-refractivity contribution is 0.176. The molecule has 2 N–H and O–H groups in total. The SMILES string of the molecule is CCN(CC)S(=O)(=O)N(CCOC)CCC(N)=S. The van der Waals surface area contributed by atoms with Gasteiger partial charge in [-0.25, -0.2) is 0 Å². The monoisotopic (exact) mass is 297 g/mol. The van der Waals surface area contributed by atoms with E-state index in [1.807, 2.05) is 13.8 Å². The van der Waals surface area contributed by atoms with Crippen LogP contribution >= 0.6 is 12.2 Å². The molecule has 0 aromatic rings. The molecule has 0 saturated carbocycles. The van der Waals surface area contributed by atoms with Gasteiger partial charge in [0.15, 0.2) is 0 Å². The Balaban J connectivity index is 4.85. The van der Waals surface area contributed by atoms with E-state index in [1.54, 1.807) is 0 Å². The smallest absolute Gasteiger partial charge is 0.282 e. The number of methoxy groups -OCH3 is 1. The summed E-state index contributed by atoms with van der Waals surface area (Å²) in [7, 11) is -1.92. The summed E-state index contributed by atoms with van der Waals surface area (Å²) in [6.45, 7) is 5.43. The van der Waals surface area contributed by atoms with E-state index in [0.29, 0.717) is 37.7 Å². The lowest BCUT2D eigenvalue weighted by Gasteiger charge is -2.28. The van der Waals surface area contributed by atoms with Crippen LogP contribution in [0.3, 0.4) is 0 Å². The van der Waals surface area contributed by atoms with Gasteiger partial charge in [-0.2, -0.15) is 17.0 Å². The number of nitrogens with two attached hydrogens (primary N) is 1. The highest BCUT2D eigenvalue weighted by Crippen LogP contribution is 2.09. The number of hydrogen-bond donors (Lipinski definition) is 1. The highest BCUT2D eigenvalue weighted by Gasteiger charge is 2.27. The summed E-state index contributed by atoms with van der Waals surface area (Å²) in [5.41, 5.74) is 5.42. The summed E-state index contributed by atoms with van der Waals surface area (Å²) in [6.07, 6.45) is 0.375. The van der Waals surface area contributed by atoms with E-state index in [4.69, 9.17) is 22.7 Å². The van der Waals surface area contributed by atoms with Gasteiger partial charge >= 0.3 is 0 Å². The molecule has 0 radical (unpaired) electrons. The molecule has 0 aliphatic heterocycles. The van der Waals surface area contributed by atoms with Crippen LogP contribution in [0.25, 0.3) is 0 Å². The Bertz CT molecular complexity index is 342. The molecule has 0 heterocycles. The van der Waals surface area contributed by atoms with Gasteiger partial charge in [-0.05, 0) is 0 Å². The van der Waals surface area contributed by atoms with Gasteiger partial charge in [0.25, 0.3) is 10.2 Å². The minimum atomic E-state index is -3.46. The van der Waals surface area contributed by atoms with Crippen LogP contribution in [0.1, 0.15) is 20.3 Å². The summed E-state index contributed by atoms with van der Waals surface area (Å²) < 4.78 is 32.3. The zero-order valence-corrected chi connectivity index (χ0v) is 12.9. The molecule has 0 bridgehead atoms. The first-order valence-corrected chi connectivity index (χ1v) is 7.73. The molecule has 0 saturated heterocycles. The van der Waals surface area contributed by atoms with Crippen LogP contribution in [-0.2, 0) is 14.9 Å². The average Bonchev–Trinajstić information content (AvgIpc) is 2.29. The molecule has 6 nitrogen and oxygen atoms in total. The fraction of sp³-hybridized carbons (Fsp3) is 0.900. The van der Waals surface area contributed by atoms with Crippen LogP contribution in [0.5, 0.6) is 0 Å². The van der Waals surface area contributed by atoms with Crippen LogP contribution in [0.15, 0.2) is 0 Å².